The third-order valence-electron chi connectivity index (χ3n) is 3.52. The van der Waals surface area contributed by atoms with Gasteiger partial charge in [-0.15, -0.1) is 0 Å². The molecular weight excluding hydrogens is 342 g/mol. The highest BCUT2D eigenvalue weighted by Gasteiger charge is 2.15. The van der Waals surface area contributed by atoms with Gasteiger partial charge in [0, 0.05) is 22.8 Å². The highest BCUT2D eigenvalue weighted by atomic mass is 35.5. The summed E-state index contributed by atoms with van der Waals surface area (Å²) in [6.45, 7) is -0.435. The molecule has 0 radical (unpaired) electrons. The molecule has 0 aliphatic rings. The summed E-state index contributed by atoms with van der Waals surface area (Å²) < 4.78 is 5.05. The van der Waals surface area contributed by atoms with Gasteiger partial charge in [0.05, 0.1) is 16.1 Å². The largest absolute Gasteiger partial charge is 0.452 e. The van der Waals surface area contributed by atoms with Crippen LogP contribution in [0.15, 0.2) is 48.7 Å². The van der Waals surface area contributed by atoms with Gasteiger partial charge in [0.15, 0.2) is 6.61 Å². The molecule has 0 saturated carbocycles. The summed E-state index contributed by atoms with van der Waals surface area (Å²) in [5.74, 6) is -1.10. The standard InChI is InChI=1S/C18H12ClN3O3/c19-15-7-12(6-5-11(15)8-20)22-17(23)10-25-18(24)14-9-21-16-4-2-1-3-13(14)16/h1-7,9,21H,10H2,(H,22,23). The minimum atomic E-state index is -0.592. The van der Waals surface area contributed by atoms with Crippen LogP contribution in [0.5, 0.6) is 0 Å². The summed E-state index contributed by atoms with van der Waals surface area (Å²) in [4.78, 5) is 27.0. The fraction of sp³-hybridized carbons (Fsp3) is 0.0556. The van der Waals surface area contributed by atoms with Gasteiger partial charge >= 0.3 is 5.97 Å². The van der Waals surface area contributed by atoms with Gasteiger partial charge in [-0.1, -0.05) is 29.8 Å². The Bertz CT molecular complexity index is 1000. The van der Waals surface area contributed by atoms with Crippen LogP contribution in [0.1, 0.15) is 15.9 Å². The molecule has 6 nitrogen and oxygen atoms in total. The van der Waals surface area contributed by atoms with Crippen LogP contribution < -0.4 is 5.32 Å². The van der Waals surface area contributed by atoms with Crippen LogP contribution in [0.2, 0.25) is 5.02 Å². The third-order valence-corrected chi connectivity index (χ3v) is 3.83. The Balaban J connectivity index is 1.61. The van der Waals surface area contributed by atoms with Gasteiger partial charge in [0.1, 0.15) is 6.07 Å². The average Bonchev–Trinajstić information content (AvgIpc) is 3.04. The van der Waals surface area contributed by atoms with E-state index in [0.29, 0.717) is 16.8 Å². The Morgan fingerprint density at radius 2 is 2.04 bits per heavy atom. The average molecular weight is 354 g/mol. The number of anilines is 1. The quantitative estimate of drug-likeness (QED) is 0.702. The Hall–Kier alpha value is -3.30. The van der Waals surface area contributed by atoms with Crippen molar-refractivity contribution in [2.75, 3.05) is 11.9 Å². The smallest absolute Gasteiger partial charge is 0.340 e. The van der Waals surface area contributed by atoms with Crippen molar-refractivity contribution in [2.24, 2.45) is 0 Å². The lowest BCUT2D eigenvalue weighted by molar-refractivity contribution is -0.119. The summed E-state index contributed by atoms with van der Waals surface area (Å²) in [5.41, 5.74) is 1.90. The molecule has 3 rings (SSSR count). The summed E-state index contributed by atoms with van der Waals surface area (Å²) in [6.07, 6.45) is 1.55. The number of H-pyrrole nitrogens is 1. The Morgan fingerprint density at radius 1 is 1.24 bits per heavy atom. The molecule has 0 fully saturated rings. The second kappa shape index (κ2) is 7.07. The van der Waals surface area contributed by atoms with Crippen LogP contribution in [0.4, 0.5) is 5.69 Å². The number of aromatic nitrogens is 1. The number of rotatable bonds is 4. The van der Waals surface area contributed by atoms with Crippen molar-refractivity contribution in [3.05, 3.63) is 64.8 Å². The molecule has 1 amide bonds. The first-order chi connectivity index (χ1) is 12.1. The Morgan fingerprint density at radius 3 is 2.80 bits per heavy atom. The number of halogens is 1. The minimum Gasteiger partial charge on any atom is -0.452 e. The number of hydrogen-bond donors (Lipinski definition) is 2. The van der Waals surface area contributed by atoms with Crippen LogP contribution in [-0.2, 0) is 9.53 Å². The fourth-order valence-corrected chi connectivity index (χ4v) is 2.55. The lowest BCUT2D eigenvalue weighted by Crippen LogP contribution is -2.20. The van der Waals surface area contributed by atoms with E-state index >= 15 is 0 Å². The van der Waals surface area contributed by atoms with Gasteiger partial charge in [0.2, 0.25) is 0 Å². The van der Waals surface area contributed by atoms with E-state index in [1.165, 1.54) is 12.1 Å². The van der Waals surface area contributed by atoms with Crippen molar-refractivity contribution in [1.29, 1.82) is 5.26 Å². The Kier molecular flexibility index (Phi) is 4.68. The van der Waals surface area contributed by atoms with Crippen molar-refractivity contribution in [3.8, 4) is 6.07 Å². The molecule has 0 aliphatic carbocycles. The predicted molar refractivity (Wildman–Crippen MR) is 93.4 cm³/mol. The van der Waals surface area contributed by atoms with Crippen LogP contribution in [0, 0.1) is 11.3 Å². The highest BCUT2D eigenvalue weighted by molar-refractivity contribution is 6.32. The molecule has 25 heavy (non-hydrogen) atoms. The van der Waals surface area contributed by atoms with E-state index in [-0.39, 0.29) is 5.02 Å². The van der Waals surface area contributed by atoms with Crippen molar-refractivity contribution >= 4 is 40.1 Å². The first-order valence-electron chi connectivity index (χ1n) is 7.31. The number of ether oxygens (including phenoxy) is 1. The van der Waals surface area contributed by atoms with Gasteiger partial charge in [-0.05, 0) is 24.3 Å². The number of nitrogens with one attached hydrogen (secondary N) is 2. The van der Waals surface area contributed by atoms with E-state index < -0.39 is 18.5 Å². The molecule has 7 heteroatoms. The Labute approximate surface area is 148 Å². The molecule has 1 aromatic heterocycles. The van der Waals surface area contributed by atoms with E-state index in [2.05, 4.69) is 10.3 Å². The minimum absolute atomic E-state index is 0.232. The van der Waals surface area contributed by atoms with Crippen molar-refractivity contribution in [2.45, 2.75) is 0 Å². The van der Waals surface area contributed by atoms with Gasteiger partial charge < -0.3 is 15.0 Å². The number of amides is 1. The van der Waals surface area contributed by atoms with Gasteiger partial charge in [-0.2, -0.15) is 5.26 Å². The van der Waals surface area contributed by atoms with Crippen LogP contribution in [0.25, 0.3) is 10.9 Å². The van der Waals surface area contributed by atoms with Crippen LogP contribution in [-0.4, -0.2) is 23.5 Å². The topological polar surface area (TPSA) is 95.0 Å². The van der Waals surface area contributed by atoms with E-state index in [4.69, 9.17) is 21.6 Å². The van der Waals surface area contributed by atoms with E-state index in [1.54, 1.807) is 18.3 Å². The molecule has 3 aromatic rings. The number of benzene rings is 2. The lowest BCUT2D eigenvalue weighted by atomic mass is 10.2. The van der Waals surface area contributed by atoms with Crippen molar-refractivity contribution < 1.29 is 14.3 Å². The summed E-state index contributed by atoms with van der Waals surface area (Å²) in [5, 5.41) is 12.3. The summed E-state index contributed by atoms with van der Waals surface area (Å²) >= 11 is 5.90. The zero-order valence-corrected chi connectivity index (χ0v) is 13.6. The number of para-hydroxylation sites is 1. The number of hydrogen-bond acceptors (Lipinski definition) is 4. The molecule has 0 atom stereocenters. The molecule has 0 unspecified atom stereocenters. The van der Waals surface area contributed by atoms with E-state index in [9.17, 15) is 9.59 Å². The molecule has 1 heterocycles. The number of esters is 1. The number of aromatic amines is 1. The van der Waals surface area contributed by atoms with Crippen molar-refractivity contribution in [3.63, 3.8) is 0 Å². The first-order valence-corrected chi connectivity index (χ1v) is 7.69. The number of carbonyl (C=O) groups is 2. The number of nitrogens with zero attached hydrogens (tertiary/aromatic N) is 1. The third kappa shape index (κ3) is 3.62. The molecule has 124 valence electrons. The van der Waals surface area contributed by atoms with Gasteiger partial charge in [-0.25, -0.2) is 4.79 Å². The van der Waals surface area contributed by atoms with Crippen LogP contribution >= 0.6 is 11.6 Å². The number of nitriles is 1. The van der Waals surface area contributed by atoms with Crippen LogP contribution in [0.3, 0.4) is 0 Å². The summed E-state index contributed by atoms with van der Waals surface area (Å²) in [6, 6.07) is 13.7. The fourth-order valence-electron chi connectivity index (χ4n) is 2.33. The molecule has 2 aromatic carbocycles. The second-order valence-electron chi connectivity index (χ2n) is 5.18. The summed E-state index contributed by atoms with van der Waals surface area (Å²) in [7, 11) is 0. The zero-order valence-electron chi connectivity index (χ0n) is 12.9. The molecular formula is C18H12ClN3O3. The number of fused-ring (bicyclic) bond motifs is 1. The monoisotopic (exact) mass is 353 g/mol. The molecule has 0 spiro atoms. The van der Waals surface area contributed by atoms with Gasteiger partial charge in [0.25, 0.3) is 5.91 Å². The van der Waals surface area contributed by atoms with Crippen molar-refractivity contribution in [1.82, 2.24) is 4.98 Å². The van der Waals surface area contributed by atoms with E-state index in [0.717, 1.165) is 10.9 Å². The zero-order chi connectivity index (χ0) is 17.8. The molecule has 0 bridgehead atoms. The number of carbonyl (C=O) groups excluding carboxylic acids is 2. The predicted octanol–water partition coefficient (Wildman–Crippen LogP) is 3.49. The highest BCUT2D eigenvalue weighted by Crippen LogP contribution is 2.20. The normalized spacial score (nSPS) is 10.2. The first kappa shape index (κ1) is 16.6. The maximum absolute atomic E-state index is 12.1. The SMILES string of the molecule is N#Cc1ccc(NC(=O)COC(=O)c2c[nH]c3ccccc23)cc1Cl. The maximum Gasteiger partial charge on any atom is 0.340 e. The molecule has 0 aliphatic heterocycles. The molecule has 2 N–H and O–H groups in total. The van der Waals surface area contributed by atoms with E-state index in [1.807, 2.05) is 24.3 Å². The molecule has 0 saturated heterocycles. The van der Waals surface area contributed by atoms with Gasteiger partial charge in [-0.3, -0.25) is 4.79 Å². The lowest BCUT2D eigenvalue weighted by Gasteiger charge is -2.07. The maximum atomic E-state index is 12.1. The second-order valence-corrected chi connectivity index (χ2v) is 5.59.